The highest BCUT2D eigenvalue weighted by Gasteiger charge is 2.19. The first-order chi connectivity index (χ1) is 15.3. The SMILES string of the molecule is CCOc1ccccc1Nc1ncnc(N(Cc2ccccc2)c2ccccn2)c1N. The number of aromatic nitrogens is 3. The molecule has 0 amide bonds. The van der Waals surface area contributed by atoms with Crippen molar-refractivity contribution in [3.63, 3.8) is 0 Å². The van der Waals surface area contributed by atoms with Gasteiger partial charge in [-0.3, -0.25) is 0 Å². The van der Waals surface area contributed by atoms with Crippen LogP contribution in [-0.4, -0.2) is 21.6 Å². The van der Waals surface area contributed by atoms with E-state index in [1.807, 2.05) is 72.5 Å². The van der Waals surface area contributed by atoms with Crippen molar-refractivity contribution in [2.45, 2.75) is 13.5 Å². The van der Waals surface area contributed by atoms with Gasteiger partial charge in [-0.25, -0.2) is 15.0 Å². The van der Waals surface area contributed by atoms with E-state index in [-0.39, 0.29) is 0 Å². The monoisotopic (exact) mass is 412 g/mol. The van der Waals surface area contributed by atoms with Crippen LogP contribution in [0.1, 0.15) is 12.5 Å². The predicted octanol–water partition coefficient (Wildman–Crippen LogP) is 4.93. The molecule has 2 heterocycles. The fourth-order valence-corrected chi connectivity index (χ4v) is 3.22. The van der Waals surface area contributed by atoms with Crippen LogP contribution in [0.5, 0.6) is 5.75 Å². The molecule has 0 spiro atoms. The van der Waals surface area contributed by atoms with Crippen molar-refractivity contribution >= 4 is 28.8 Å². The first kappa shape index (κ1) is 20.2. The lowest BCUT2D eigenvalue weighted by Gasteiger charge is -2.25. The van der Waals surface area contributed by atoms with E-state index < -0.39 is 0 Å². The van der Waals surface area contributed by atoms with Crippen molar-refractivity contribution in [3.05, 3.63) is 90.9 Å². The molecule has 7 heteroatoms. The van der Waals surface area contributed by atoms with Crippen LogP contribution in [-0.2, 0) is 6.54 Å². The van der Waals surface area contributed by atoms with Crippen LogP contribution in [0.2, 0.25) is 0 Å². The molecule has 4 rings (SSSR count). The number of para-hydroxylation sites is 2. The first-order valence-corrected chi connectivity index (χ1v) is 10.1. The van der Waals surface area contributed by atoms with Gasteiger partial charge in [-0.05, 0) is 36.8 Å². The van der Waals surface area contributed by atoms with Crippen molar-refractivity contribution in [2.24, 2.45) is 0 Å². The Balaban J connectivity index is 1.72. The molecule has 0 saturated heterocycles. The van der Waals surface area contributed by atoms with Gasteiger partial charge in [0, 0.05) is 6.20 Å². The lowest BCUT2D eigenvalue weighted by Crippen LogP contribution is -2.21. The molecular weight excluding hydrogens is 388 g/mol. The number of hydrogen-bond donors (Lipinski definition) is 2. The Labute approximate surface area is 181 Å². The van der Waals surface area contributed by atoms with Crippen LogP contribution in [0, 0.1) is 0 Å². The van der Waals surface area contributed by atoms with Crippen LogP contribution >= 0.6 is 0 Å². The van der Waals surface area contributed by atoms with Gasteiger partial charge in [-0.2, -0.15) is 0 Å². The summed E-state index contributed by atoms with van der Waals surface area (Å²) in [6.07, 6.45) is 3.25. The van der Waals surface area contributed by atoms with Gasteiger partial charge in [0.25, 0.3) is 0 Å². The van der Waals surface area contributed by atoms with Gasteiger partial charge < -0.3 is 20.7 Å². The topological polar surface area (TPSA) is 89.2 Å². The van der Waals surface area contributed by atoms with E-state index in [1.165, 1.54) is 6.33 Å². The second kappa shape index (κ2) is 9.58. The minimum atomic E-state index is 0.426. The summed E-state index contributed by atoms with van der Waals surface area (Å²) in [5.74, 6) is 2.56. The van der Waals surface area contributed by atoms with Gasteiger partial charge in [0.05, 0.1) is 18.8 Å². The zero-order valence-electron chi connectivity index (χ0n) is 17.3. The highest BCUT2D eigenvalue weighted by molar-refractivity contribution is 5.81. The fraction of sp³-hybridized carbons (Fsp3) is 0.125. The lowest BCUT2D eigenvalue weighted by molar-refractivity contribution is 0.342. The Kier molecular flexibility index (Phi) is 6.23. The van der Waals surface area contributed by atoms with Crippen LogP contribution < -0.4 is 20.7 Å². The maximum atomic E-state index is 6.55. The summed E-state index contributed by atoms with van der Waals surface area (Å²) < 4.78 is 5.71. The number of nitrogens with one attached hydrogen (secondary N) is 1. The van der Waals surface area contributed by atoms with Gasteiger partial charge in [0.15, 0.2) is 11.6 Å². The van der Waals surface area contributed by atoms with Gasteiger partial charge in [0.2, 0.25) is 0 Å². The highest BCUT2D eigenvalue weighted by Crippen LogP contribution is 2.35. The number of rotatable bonds is 8. The number of nitrogen functional groups attached to an aromatic ring is 1. The summed E-state index contributed by atoms with van der Waals surface area (Å²) in [5, 5.41) is 3.29. The summed E-state index contributed by atoms with van der Waals surface area (Å²) in [5.41, 5.74) is 8.87. The zero-order valence-corrected chi connectivity index (χ0v) is 17.3. The molecule has 0 unspecified atom stereocenters. The molecule has 0 bridgehead atoms. The van der Waals surface area contributed by atoms with E-state index in [4.69, 9.17) is 10.5 Å². The second-order valence-electron chi connectivity index (χ2n) is 6.77. The molecule has 7 nitrogen and oxygen atoms in total. The predicted molar refractivity (Wildman–Crippen MR) is 124 cm³/mol. The van der Waals surface area contributed by atoms with Crippen molar-refractivity contribution in [1.82, 2.24) is 15.0 Å². The molecule has 0 aliphatic rings. The molecular formula is C24H24N6O. The summed E-state index contributed by atoms with van der Waals surface area (Å²) in [6.45, 7) is 3.07. The maximum absolute atomic E-state index is 6.55. The molecule has 0 radical (unpaired) electrons. The summed E-state index contributed by atoms with van der Waals surface area (Å²) in [6, 6.07) is 23.6. The Morgan fingerprint density at radius 3 is 2.45 bits per heavy atom. The maximum Gasteiger partial charge on any atom is 0.163 e. The fourth-order valence-electron chi connectivity index (χ4n) is 3.22. The molecule has 3 N–H and O–H groups in total. The third kappa shape index (κ3) is 4.72. The number of nitrogens with zero attached hydrogens (tertiary/aromatic N) is 4. The minimum Gasteiger partial charge on any atom is -0.492 e. The molecule has 2 aromatic heterocycles. The Hall–Kier alpha value is -4.13. The van der Waals surface area contributed by atoms with Gasteiger partial charge >= 0.3 is 0 Å². The van der Waals surface area contributed by atoms with E-state index in [9.17, 15) is 0 Å². The molecule has 2 aromatic carbocycles. The number of benzene rings is 2. The van der Waals surface area contributed by atoms with E-state index in [1.54, 1.807) is 6.20 Å². The average Bonchev–Trinajstić information content (AvgIpc) is 2.82. The molecule has 31 heavy (non-hydrogen) atoms. The average molecular weight is 412 g/mol. The van der Waals surface area contributed by atoms with Gasteiger partial charge in [0.1, 0.15) is 23.6 Å². The lowest BCUT2D eigenvalue weighted by atomic mass is 10.2. The minimum absolute atomic E-state index is 0.426. The molecule has 0 aliphatic heterocycles. The number of anilines is 5. The van der Waals surface area contributed by atoms with Crippen molar-refractivity contribution in [3.8, 4) is 5.75 Å². The van der Waals surface area contributed by atoms with Crippen LogP contribution in [0.4, 0.5) is 28.8 Å². The van der Waals surface area contributed by atoms with E-state index in [2.05, 4.69) is 32.4 Å². The zero-order chi connectivity index (χ0) is 21.5. The molecule has 156 valence electrons. The number of hydrogen-bond acceptors (Lipinski definition) is 7. The summed E-state index contributed by atoms with van der Waals surface area (Å²) in [7, 11) is 0. The van der Waals surface area contributed by atoms with Crippen LogP contribution in [0.25, 0.3) is 0 Å². The van der Waals surface area contributed by atoms with Gasteiger partial charge in [-0.15, -0.1) is 0 Å². The standard InChI is InChI=1S/C24H24N6O/c1-2-31-20-13-7-6-12-19(20)29-23-22(25)24(28-17-27-23)30(21-14-8-9-15-26-21)16-18-10-4-3-5-11-18/h3-15,17H,2,16,25H2,1H3,(H,27,28,29). The Morgan fingerprint density at radius 2 is 1.68 bits per heavy atom. The number of nitrogens with two attached hydrogens (primary N) is 1. The normalized spacial score (nSPS) is 10.5. The van der Waals surface area contributed by atoms with Crippen molar-refractivity contribution < 1.29 is 4.74 Å². The third-order valence-electron chi connectivity index (χ3n) is 4.67. The Bertz CT molecular complexity index is 1120. The van der Waals surface area contributed by atoms with E-state index >= 15 is 0 Å². The number of pyridine rings is 1. The molecule has 0 fully saturated rings. The molecule has 4 aromatic rings. The third-order valence-corrected chi connectivity index (χ3v) is 4.67. The van der Waals surface area contributed by atoms with Gasteiger partial charge in [-0.1, -0.05) is 48.5 Å². The molecule has 0 saturated carbocycles. The largest absolute Gasteiger partial charge is 0.492 e. The highest BCUT2D eigenvalue weighted by atomic mass is 16.5. The summed E-state index contributed by atoms with van der Waals surface area (Å²) in [4.78, 5) is 15.4. The van der Waals surface area contributed by atoms with Crippen molar-refractivity contribution in [1.29, 1.82) is 0 Å². The summed E-state index contributed by atoms with van der Waals surface area (Å²) >= 11 is 0. The second-order valence-corrected chi connectivity index (χ2v) is 6.77. The first-order valence-electron chi connectivity index (χ1n) is 10.1. The van der Waals surface area contributed by atoms with Crippen LogP contribution in [0.15, 0.2) is 85.3 Å². The van der Waals surface area contributed by atoms with E-state index in [0.717, 1.165) is 22.8 Å². The quantitative estimate of drug-likeness (QED) is 0.424. The Morgan fingerprint density at radius 1 is 0.903 bits per heavy atom. The molecule has 0 atom stereocenters. The smallest absolute Gasteiger partial charge is 0.163 e. The number of ether oxygens (including phenoxy) is 1. The molecule has 0 aliphatic carbocycles. The van der Waals surface area contributed by atoms with E-state index in [0.29, 0.717) is 30.5 Å². The van der Waals surface area contributed by atoms with Crippen LogP contribution in [0.3, 0.4) is 0 Å². The van der Waals surface area contributed by atoms with Crippen molar-refractivity contribution in [2.75, 3.05) is 22.6 Å².